The minimum Gasteiger partial charge on any atom is -0.493 e. The Morgan fingerprint density at radius 2 is 1.89 bits per heavy atom. The quantitative estimate of drug-likeness (QED) is 0.912. The molecule has 0 radical (unpaired) electrons. The molecule has 1 heterocycles. The van der Waals surface area contributed by atoms with E-state index in [2.05, 4.69) is 0 Å². The summed E-state index contributed by atoms with van der Waals surface area (Å²) in [6, 6.07) is 2.39. The molecule has 1 saturated heterocycles. The van der Waals surface area contributed by atoms with Crippen molar-refractivity contribution in [2.45, 2.75) is 38.0 Å². The Hall–Kier alpha value is -1.33. The van der Waals surface area contributed by atoms with Crippen LogP contribution in [0.3, 0.4) is 0 Å². The second-order valence-corrected chi connectivity index (χ2v) is 4.82. The van der Waals surface area contributed by atoms with Crippen LogP contribution in [-0.4, -0.2) is 26.4 Å². The van der Waals surface area contributed by atoms with Gasteiger partial charge < -0.3 is 19.9 Å². The smallest absolute Gasteiger partial charge is 0.163 e. The number of methoxy groups -OCH3 is 2. The summed E-state index contributed by atoms with van der Waals surface area (Å²) in [5, 5.41) is 0. The van der Waals surface area contributed by atoms with E-state index >= 15 is 0 Å². The van der Waals surface area contributed by atoms with Gasteiger partial charge >= 0.3 is 0 Å². The highest BCUT2D eigenvalue weighted by molar-refractivity contribution is 5.44. The molecule has 3 atom stereocenters. The van der Waals surface area contributed by atoms with E-state index in [0.29, 0.717) is 17.1 Å². The molecule has 0 aromatic heterocycles. The fourth-order valence-electron chi connectivity index (χ4n) is 2.42. The Kier molecular flexibility index (Phi) is 4.27. The van der Waals surface area contributed by atoms with Crippen LogP contribution in [0, 0.1) is 5.82 Å². The van der Waals surface area contributed by atoms with Gasteiger partial charge in [-0.3, -0.25) is 0 Å². The molecule has 2 rings (SSSR count). The number of benzene rings is 1. The molecule has 19 heavy (non-hydrogen) atoms. The van der Waals surface area contributed by atoms with Gasteiger partial charge in [0.2, 0.25) is 0 Å². The number of hydrogen-bond donors (Lipinski definition) is 1. The van der Waals surface area contributed by atoms with Crippen molar-refractivity contribution in [1.82, 2.24) is 0 Å². The SMILES string of the molecule is COc1cc(F)c(C(N)C2CCC(C)O2)cc1OC. The summed E-state index contributed by atoms with van der Waals surface area (Å²) in [4.78, 5) is 0. The zero-order valence-electron chi connectivity index (χ0n) is 11.5. The molecule has 1 aliphatic rings. The Balaban J connectivity index is 2.28. The molecule has 0 aliphatic carbocycles. The van der Waals surface area contributed by atoms with Gasteiger partial charge in [-0.05, 0) is 25.8 Å². The van der Waals surface area contributed by atoms with Crippen molar-refractivity contribution < 1.29 is 18.6 Å². The predicted octanol–water partition coefficient (Wildman–Crippen LogP) is 2.41. The van der Waals surface area contributed by atoms with E-state index in [0.717, 1.165) is 12.8 Å². The number of rotatable bonds is 4. The van der Waals surface area contributed by atoms with Gasteiger partial charge in [-0.2, -0.15) is 0 Å². The van der Waals surface area contributed by atoms with Gasteiger partial charge in [0.15, 0.2) is 11.5 Å². The second-order valence-electron chi connectivity index (χ2n) is 4.82. The Labute approximate surface area is 112 Å². The number of halogens is 1. The summed E-state index contributed by atoms with van der Waals surface area (Å²) in [6.07, 6.45) is 1.82. The third-order valence-electron chi connectivity index (χ3n) is 3.53. The molecule has 106 valence electrons. The summed E-state index contributed by atoms with van der Waals surface area (Å²) in [5.74, 6) is 0.436. The van der Waals surface area contributed by atoms with Gasteiger partial charge in [0, 0.05) is 11.6 Å². The molecule has 4 nitrogen and oxygen atoms in total. The molecule has 3 unspecified atom stereocenters. The van der Waals surface area contributed by atoms with E-state index in [1.165, 1.54) is 20.3 Å². The highest BCUT2D eigenvalue weighted by atomic mass is 19.1. The maximum Gasteiger partial charge on any atom is 0.163 e. The largest absolute Gasteiger partial charge is 0.493 e. The normalized spacial score (nSPS) is 24.3. The van der Waals surface area contributed by atoms with Gasteiger partial charge in [-0.25, -0.2) is 4.39 Å². The van der Waals surface area contributed by atoms with Gasteiger partial charge in [0.1, 0.15) is 5.82 Å². The molecule has 0 saturated carbocycles. The molecule has 1 aliphatic heterocycles. The summed E-state index contributed by atoms with van der Waals surface area (Å²) in [7, 11) is 2.98. The van der Waals surface area contributed by atoms with E-state index in [1.54, 1.807) is 6.07 Å². The predicted molar refractivity (Wildman–Crippen MR) is 70.0 cm³/mol. The van der Waals surface area contributed by atoms with Crippen molar-refractivity contribution in [3.63, 3.8) is 0 Å². The minimum absolute atomic E-state index is 0.150. The highest BCUT2D eigenvalue weighted by Crippen LogP contribution is 2.35. The Bertz CT molecular complexity index is 453. The fourth-order valence-corrected chi connectivity index (χ4v) is 2.42. The van der Waals surface area contributed by atoms with Crippen LogP contribution in [0.4, 0.5) is 4.39 Å². The first-order chi connectivity index (χ1) is 9.06. The maximum absolute atomic E-state index is 14.1. The summed E-state index contributed by atoms with van der Waals surface area (Å²) in [5.41, 5.74) is 6.52. The molecule has 5 heteroatoms. The summed E-state index contributed by atoms with van der Waals surface area (Å²) < 4.78 is 30.0. The van der Waals surface area contributed by atoms with Crippen LogP contribution in [0.2, 0.25) is 0 Å². The number of ether oxygens (including phenoxy) is 3. The van der Waals surface area contributed by atoms with Crippen molar-refractivity contribution in [3.8, 4) is 11.5 Å². The molecule has 0 bridgehead atoms. The van der Waals surface area contributed by atoms with Crippen LogP contribution >= 0.6 is 0 Å². The molecule has 1 fully saturated rings. The topological polar surface area (TPSA) is 53.7 Å². The molecule has 2 N–H and O–H groups in total. The monoisotopic (exact) mass is 269 g/mol. The van der Waals surface area contributed by atoms with Crippen molar-refractivity contribution in [2.75, 3.05) is 14.2 Å². The molecular formula is C14H20FNO3. The van der Waals surface area contributed by atoms with E-state index in [4.69, 9.17) is 19.9 Å². The van der Waals surface area contributed by atoms with Crippen molar-refractivity contribution in [1.29, 1.82) is 0 Å². The van der Waals surface area contributed by atoms with Gasteiger partial charge in [0.25, 0.3) is 0 Å². The molecule has 1 aromatic rings. The van der Waals surface area contributed by atoms with Gasteiger partial charge in [-0.1, -0.05) is 0 Å². The first kappa shape index (κ1) is 14.1. The Morgan fingerprint density at radius 3 is 2.42 bits per heavy atom. The van der Waals surface area contributed by atoms with E-state index in [1.807, 2.05) is 6.92 Å². The van der Waals surface area contributed by atoms with Crippen molar-refractivity contribution >= 4 is 0 Å². The first-order valence-corrected chi connectivity index (χ1v) is 6.39. The van der Waals surface area contributed by atoms with Crippen LogP contribution in [0.25, 0.3) is 0 Å². The van der Waals surface area contributed by atoms with Crippen LogP contribution in [0.15, 0.2) is 12.1 Å². The number of nitrogens with two attached hydrogens (primary N) is 1. The fraction of sp³-hybridized carbons (Fsp3) is 0.571. The minimum atomic E-state index is -0.496. The van der Waals surface area contributed by atoms with E-state index in [9.17, 15) is 4.39 Å². The zero-order valence-corrected chi connectivity index (χ0v) is 11.5. The van der Waals surface area contributed by atoms with Crippen LogP contribution in [0.5, 0.6) is 11.5 Å². The summed E-state index contributed by atoms with van der Waals surface area (Å²) >= 11 is 0. The van der Waals surface area contributed by atoms with Crippen molar-refractivity contribution in [2.24, 2.45) is 5.73 Å². The van der Waals surface area contributed by atoms with E-state index in [-0.39, 0.29) is 12.2 Å². The lowest BCUT2D eigenvalue weighted by Crippen LogP contribution is -2.27. The van der Waals surface area contributed by atoms with Crippen LogP contribution in [0.1, 0.15) is 31.4 Å². The molecule has 1 aromatic carbocycles. The maximum atomic E-state index is 14.1. The third-order valence-corrected chi connectivity index (χ3v) is 3.53. The van der Waals surface area contributed by atoms with Crippen molar-refractivity contribution in [3.05, 3.63) is 23.5 Å². The van der Waals surface area contributed by atoms with E-state index < -0.39 is 11.9 Å². The Morgan fingerprint density at radius 1 is 1.26 bits per heavy atom. The third kappa shape index (κ3) is 2.82. The van der Waals surface area contributed by atoms with Gasteiger partial charge in [0.05, 0.1) is 32.5 Å². The number of hydrogen-bond acceptors (Lipinski definition) is 4. The molecule has 0 amide bonds. The first-order valence-electron chi connectivity index (χ1n) is 6.39. The summed E-state index contributed by atoms with van der Waals surface area (Å²) in [6.45, 7) is 2.00. The highest BCUT2D eigenvalue weighted by Gasteiger charge is 2.30. The lowest BCUT2D eigenvalue weighted by molar-refractivity contribution is 0.0394. The lowest BCUT2D eigenvalue weighted by Gasteiger charge is -2.21. The van der Waals surface area contributed by atoms with Gasteiger partial charge in [-0.15, -0.1) is 0 Å². The molecular weight excluding hydrogens is 249 g/mol. The standard InChI is InChI=1S/C14H20FNO3/c1-8-4-5-11(19-8)14(16)9-6-12(17-2)13(18-3)7-10(9)15/h6-8,11,14H,4-5,16H2,1-3H3. The average molecular weight is 269 g/mol. The zero-order chi connectivity index (χ0) is 14.0. The van der Waals surface area contributed by atoms with Crippen LogP contribution < -0.4 is 15.2 Å². The molecule has 0 spiro atoms. The second kappa shape index (κ2) is 5.75. The van der Waals surface area contributed by atoms with Crippen LogP contribution in [-0.2, 0) is 4.74 Å². The lowest BCUT2D eigenvalue weighted by atomic mass is 9.99. The average Bonchev–Trinajstić information content (AvgIpc) is 2.84.